The summed E-state index contributed by atoms with van der Waals surface area (Å²) in [5, 5.41) is 1.10. The Kier molecular flexibility index (Phi) is 7.13. The monoisotopic (exact) mass is 655 g/mol. The maximum Gasteiger partial charge on any atom is 2.00 e. The predicted molar refractivity (Wildman–Crippen MR) is 143 cm³/mol. The Labute approximate surface area is 226 Å². The first-order chi connectivity index (χ1) is 16.2. The van der Waals surface area contributed by atoms with E-state index >= 15 is 0 Å². The topological polar surface area (TPSA) is 25.8 Å². The maximum atomic E-state index is 4.95. The van der Waals surface area contributed by atoms with Crippen LogP contribution in [-0.4, -0.2) is 9.97 Å². The minimum Gasteiger partial charge on any atom is -0.295 e. The third kappa shape index (κ3) is 5.17. The standard InChI is InChI=1S/C31H28N2S.Pt/c1-30(2,3)25-19-22(17-23(20-25)26-13-8-9-16-32-26)21-11-10-12-24(18-21)31(4,5)29-33-27-14-6-7-15-28(27)34-29;/h6-16,19-20H,1-5H3;/q-2;+2. The second-order valence-electron chi connectivity index (χ2n) is 10.3. The van der Waals surface area contributed by atoms with E-state index < -0.39 is 0 Å². The smallest absolute Gasteiger partial charge is 0.295 e. The Morgan fingerprint density at radius 2 is 1.49 bits per heavy atom. The molecule has 2 nitrogen and oxygen atoms in total. The van der Waals surface area contributed by atoms with Crippen LogP contribution in [0.3, 0.4) is 0 Å². The molecule has 0 aliphatic rings. The molecule has 5 aromatic rings. The molecule has 35 heavy (non-hydrogen) atoms. The molecule has 0 spiro atoms. The summed E-state index contributed by atoms with van der Waals surface area (Å²) in [4.78, 5) is 9.52. The third-order valence-corrected chi connectivity index (χ3v) is 7.62. The Morgan fingerprint density at radius 3 is 2.20 bits per heavy atom. The van der Waals surface area contributed by atoms with Crippen molar-refractivity contribution >= 4 is 21.6 Å². The SMILES string of the molecule is CC(C)(C)c1cc(-c2[c-]c(C(C)(C)c3nc4ccccc4s3)ccc2)[c-]c(-c2ccccn2)c1.[Pt+2]. The van der Waals surface area contributed by atoms with Gasteiger partial charge in [0.2, 0.25) is 0 Å². The zero-order valence-corrected chi connectivity index (χ0v) is 23.7. The quantitative estimate of drug-likeness (QED) is 0.182. The van der Waals surface area contributed by atoms with E-state index in [1.165, 1.54) is 10.3 Å². The first-order valence-electron chi connectivity index (χ1n) is 11.6. The van der Waals surface area contributed by atoms with Crippen molar-refractivity contribution in [3.63, 3.8) is 0 Å². The van der Waals surface area contributed by atoms with Gasteiger partial charge in [-0.15, -0.1) is 40.2 Å². The molecule has 0 saturated carbocycles. The van der Waals surface area contributed by atoms with Crippen LogP contribution in [0.5, 0.6) is 0 Å². The van der Waals surface area contributed by atoms with Gasteiger partial charge in [-0.2, -0.15) is 35.9 Å². The molecule has 0 amide bonds. The summed E-state index contributed by atoms with van der Waals surface area (Å²) in [6, 6.07) is 32.5. The average Bonchev–Trinajstić information content (AvgIpc) is 3.29. The minimum absolute atomic E-state index is 0. The van der Waals surface area contributed by atoms with Crippen LogP contribution in [-0.2, 0) is 31.9 Å². The number of nitrogens with zero attached hydrogens (tertiary/aromatic N) is 2. The summed E-state index contributed by atoms with van der Waals surface area (Å²) >= 11 is 1.76. The summed E-state index contributed by atoms with van der Waals surface area (Å²) < 4.78 is 1.22. The predicted octanol–water partition coefficient (Wildman–Crippen LogP) is 8.25. The van der Waals surface area contributed by atoms with Gasteiger partial charge in [0.25, 0.3) is 0 Å². The van der Waals surface area contributed by atoms with E-state index in [-0.39, 0.29) is 31.9 Å². The molecular formula is C31H28N2PtS. The second kappa shape index (κ2) is 9.80. The average molecular weight is 656 g/mol. The van der Waals surface area contributed by atoms with Gasteiger partial charge in [0.15, 0.2) is 0 Å². The summed E-state index contributed by atoms with van der Waals surface area (Å²) in [6.45, 7) is 11.2. The molecule has 4 heteroatoms. The Morgan fingerprint density at radius 1 is 0.743 bits per heavy atom. The van der Waals surface area contributed by atoms with E-state index in [0.29, 0.717) is 0 Å². The molecule has 0 radical (unpaired) electrons. The molecule has 0 saturated heterocycles. The third-order valence-electron chi connectivity index (χ3n) is 6.26. The molecular weight excluding hydrogens is 628 g/mol. The Balaban J connectivity index is 0.00000289. The molecule has 2 aromatic heterocycles. The van der Waals surface area contributed by atoms with Gasteiger partial charge < -0.3 is 0 Å². The molecule has 0 fully saturated rings. The minimum atomic E-state index is -0.259. The zero-order valence-electron chi connectivity index (χ0n) is 20.6. The van der Waals surface area contributed by atoms with Gasteiger partial charge in [-0.3, -0.25) is 4.98 Å². The molecule has 3 aromatic carbocycles. The van der Waals surface area contributed by atoms with Crippen LogP contribution in [0, 0.1) is 12.1 Å². The molecule has 0 aliphatic heterocycles. The maximum absolute atomic E-state index is 4.95. The summed E-state index contributed by atoms with van der Waals surface area (Å²) in [6.07, 6.45) is 1.83. The van der Waals surface area contributed by atoms with Crippen LogP contribution in [0.2, 0.25) is 0 Å². The number of thiazole rings is 1. The number of aromatic nitrogens is 2. The fraction of sp³-hybridized carbons (Fsp3) is 0.226. The number of hydrogen-bond acceptors (Lipinski definition) is 3. The van der Waals surface area contributed by atoms with Crippen molar-refractivity contribution in [3.8, 4) is 22.4 Å². The van der Waals surface area contributed by atoms with Crippen molar-refractivity contribution in [1.82, 2.24) is 9.97 Å². The van der Waals surface area contributed by atoms with Gasteiger partial charge in [0, 0.05) is 17.3 Å². The van der Waals surface area contributed by atoms with Crippen molar-refractivity contribution in [2.45, 2.75) is 45.4 Å². The van der Waals surface area contributed by atoms with Gasteiger partial charge in [-0.1, -0.05) is 58.9 Å². The van der Waals surface area contributed by atoms with Crippen LogP contribution in [0.15, 0.2) is 79.0 Å². The molecule has 0 atom stereocenters. The van der Waals surface area contributed by atoms with Crippen LogP contribution in [0.4, 0.5) is 0 Å². The fourth-order valence-corrected chi connectivity index (χ4v) is 5.14. The van der Waals surface area contributed by atoms with Crippen LogP contribution in [0.1, 0.15) is 50.8 Å². The summed E-state index contributed by atoms with van der Waals surface area (Å²) in [5.41, 5.74) is 7.19. The van der Waals surface area contributed by atoms with E-state index in [2.05, 4.69) is 100 Å². The van der Waals surface area contributed by atoms with E-state index in [0.717, 1.165) is 38.5 Å². The van der Waals surface area contributed by atoms with Gasteiger partial charge in [0.05, 0.1) is 10.2 Å². The summed E-state index contributed by atoms with van der Waals surface area (Å²) in [7, 11) is 0. The van der Waals surface area contributed by atoms with Gasteiger partial charge >= 0.3 is 21.1 Å². The number of rotatable bonds is 4. The fourth-order valence-electron chi connectivity index (χ4n) is 4.05. The Bertz CT molecular complexity index is 1430. The number of fused-ring (bicyclic) bond motifs is 1. The van der Waals surface area contributed by atoms with Crippen LogP contribution >= 0.6 is 11.3 Å². The normalized spacial score (nSPS) is 11.9. The molecule has 178 valence electrons. The number of hydrogen-bond donors (Lipinski definition) is 0. The number of para-hydroxylation sites is 1. The molecule has 0 N–H and O–H groups in total. The van der Waals surface area contributed by atoms with Crippen molar-refractivity contribution in [2.75, 3.05) is 0 Å². The van der Waals surface area contributed by atoms with E-state index in [1.54, 1.807) is 11.3 Å². The van der Waals surface area contributed by atoms with Crippen molar-refractivity contribution < 1.29 is 21.1 Å². The number of pyridine rings is 1. The summed E-state index contributed by atoms with van der Waals surface area (Å²) in [5.74, 6) is 0. The van der Waals surface area contributed by atoms with Gasteiger partial charge in [0.1, 0.15) is 5.01 Å². The molecule has 0 bridgehead atoms. The largest absolute Gasteiger partial charge is 2.00 e. The molecule has 0 unspecified atom stereocenters. The zero-order chi connectivity index (χ0) is 23.9. The van der Waals surface area contributed by atoms with Crippen molar-refractivity contribution in [3.05, 3.63) is 107 Å². The van der Waals surface area contributed by atoms with E-state index in [4.69, 9.17) is 4.98 Å². The van der Waals surface area contributed by atoms with Gasteiger partial charge in [-0.05, 0) is 23.6 Å². The van der Waals surface area contributed by atoms with Gasteiger partial charge in [-0.25, -0.2) is 10.5 Å². The molecule has 5 rings (SSSR count). The number of benzene rings is 3. The molecule has 0 aliphatic carbocycles. The van der Waals surface area contributed by atoms with Crippen molar-refractivity contribution in [1.29, 1.82) is 0 Å². The second-order valence-corrected chi connectivity index (χ2v) is 11.3. The Hall–Kier alpha value is -2.61. The van der Waals surface area contributed by atoms with Crippen molar-refractivity contribution in [2.24, 2.45) is 0 Å². The van der Waals surface area contributed by atoms with Crippen LogP contribution < -0.4 is 0 Å². The first-order valence-corrected chi connectivity index (χ1v) is 12.4. The van der Waals surface area contributed by atoms with E-state index in [9.17, 15) is 0 Å². The molecule has 2 heterocycles. The van der Waals surface area contributed by atoms with E-state index in [1.807, 2.05) is 30.5 Å². The van der Waals surface area contributed by atoms with Crippen LogP contribution in [0.25, 0.3) is 32.6 Å². The first kappa shape index (κ1) is 25.5.